The van der Waals surface area contributed by atoms with Crippen LogP contribution in [-0.4, -0.2) is 6.54 Å². The maximum absolute atomic E-state index is 5.46. The normalized spacial score (nSPS) is 11.1. The lowest BCUT2D eigenvalue weighted by molar-refractivity contribution is 0.554. The average Bonchev–Trinajstić information content (AvgIpc) is 2.35. The molecule has 0 bridgehead atoms. The third-order valence-corrected chi connectivity index (χ3v) is 3.10. The van der Waals surface area contributed by atoms with E-state index in [4.69, 9.17) is 5.73 Å². The fourth-order valence-electron chi connectivity index (χ4n) is 2.01. The van der Waals surface area contributed by atoms with Crippen molar-refractivity contribution in [1.82, 2.24) is 0 Å². The summed E-state index contributed by atoms with van der Waals surface area (Å²) in [6.07, 6.45) is 21.0. The van der Waals surface area contributed by atoms with Crippen LogP contribution in [0, 0.1) is 0 Å². The highest BCUT2D eigenvalue weighted by Gasteiger charge is 1.92. The van der Waals surface area contributed by atoms with Gasteiger partial charge in [-0.15, -0.1) is 0 Å². The van der Waals surface area contributed by atoms with E-state index < -0.39 is 0 Å². The fourth-order valence-corrected chi connectivity index (χ4v) is 2.01. The van der Waals surface area contributed by atoms with E-state index in [-0.39, 0.29) is 0 Å². The van der Waals surface area contributed by atoms with Gasteiger partial charge in [0.15, 0.2) is 0 Å². The van der Waals surface area contributed by atoms with Crippen molar-refractivity contribution in [3.05, 3.63) is 24.8 Å². The van der Waals surface area contributed by atoms with Gasteiger partial charge < -0.3 is 5.73 Å². The molecule has 100 valence electrons. The molecule has 0 atom stereocenters. The molecule has 17 heavy (non-hydrogen) atoms. The Hall–Kier alpha value is -0.560. The molecule has 0 spiro atoms. The van der Waals surface area contributed by atoms with Gasteiger partial charge in [-0.25, -0.2) is 0 Å². The zero-order valence-corrected chi connectivity index (χ0v) is 11.5. The van der Waals surface area contributed by atoms with Crippen LogP contribution in [0.1, 0.15) is 70.6 Å². The summed E-state index contributed by atoms with van der Waals surface area (Å²) in [6, 6.07) is 0. The molecule has 0 radical (unpaired) electrons. The molecule has 0 aliphatic carbocycles. The molecule has 0 unspecified atom stereocenters. The van der Waals surface area contributed by atoms with Crippen LogP contribution >= 0.6 is 0 Å². The summed E-state index contributed by atoms with van der Waals surface area (Å²) in [4.78, 5) is 0. The predicted molar refractivity (Wildman–Crippen MR) is 79.2 cm³/mol. The van der Waals surface area contributed by atoms with E-state index in [1.807, 2.05) is 12.2 Å². The highest BCUT2D eigenvalue weighted by Crippen LogP contribution is 2.11. The van der Waals surface area contributed by atoms with Crippen LogP contribution in [0.2, 0.25) is 0 Å². The molecule has 0 aliphatic heterocycles. The Kier molecular flexibility index (Phi) is 14.9. The first-order valence-corrected chi connectivity index (χ1v) is 7.39. The van der Waals surface area contributed by atoms with Crippen molar-refractivity contribution in [1.29, 1.82) is 0 Å². The molecule has 0 fully saturated rings. The number of nitrogens with two attached hydrogens (primary N) is 1. The number of hydrogen-bond acceptors (Lipinski definition) is 1. The van der Waals surface area contributed by atoms with E-state index in [0.29, 0.717) is 0 Å². The largest absolute Gasteiger partial charge is 0.330 e. The molecular formula is C16H31N. The summed E-state index contributed by atoms with van der Waals surface area (Å²) in [5, 5.41) is 0. The number of rotatable bonds is 13. The topological polar surface area (TPSA) is 26.0 Å². The summed E-state index contributed by atoms with van der Waals surface area (Å²) in [7, 11) is 0. The van der Waals surface area contributed by atoms with E-state index in [9.17, 15) is 0 Å². The fraction of sp³-hybridized carbons (Fsp3) is 0.750. The first kappa shape index (κ1) is 16.4. The minimum Gasteiger partial charge on any atom is -0.330 e. The Morgan fingerprint density at radius 2 is 1.18 bits per heavy atom. The quantitative estimate of drug-likeness (QED) is 0.355. The van der Waals surface area contributed by atoms with Gasteiger partial charge >= 0.3 is 0 Å². The minimum atomic E-state index is 0.861. The van der Waals surface area contributed by atoms with Crippen LogP contribution in [0.5, 0.6) is 0 Å². The van der Waals surface area contributed by atoms with Crippen molar-refractivity contribution in [2.45, 2.75) is 70.6 Å². The van der Waals surface area contributed by atoms with Crippen molar-refractivity contribution in [3.8, 4) is 0 Å². The van der Waals surface area contributed by atoms with Crippen molar-refractivity contribution >= 4 is 0 Å². The first-order chi connectivity index (χ1) is 8.41. The molecular weight excluding hydrogens is 206 g/mol. The lowest BCUT2D eigenvalue weighted by Crippen LogP contribution is -1.97. The summed E-state index contributed by atoms with van der Waals surface area (Å²) in [6.45, 7) is 4.52. The second kappa shape index (κ2) is 15.4. The average molecular weight is 237 g/mol. The SMILES string of the molecule is C=C/C=C/CCCCCCCCCCCCN. The predicted octanol–water partition coefficient (Wildman–Crippen LogP) is 4.98. The van der Waals surface area contributed by atoms with Crippen LogP contribution in [0.15, 0.2) is 24.8 Å². The van der Waals surface area contributed by atoms with Crippen molar-refractivity contribution in [2.24, 2.45) is 5.73 Å². The third-order valence-electron chi connectivity index (χ3n) is 3.10. The van der Waals surface area contributed by atoms with Crippen LogP contribution in [0.25, 0.3) is 0 Å². The molecule has 2 N–H and O–H groups in total. The van der Waals surface area contributed by atoms with Gasteiger partial charge in [0.05, 0.1) is 0 Å². The standard InChI is InChI=1S/C16H31N/c1-2-3-4-5-6-7-8-9-10-11-12-13-14-15-16-17/h2-4H,1,5-17H2/b4-3+. The molecule has 1 nitrogen and oxygen atoms in total. The highest BCUT2D eigenvalue weighted by molar-refractivity contribution is 4.96. The maximum Gasteiger partial charge on any atom is -0.00773 e. The Morgan fingerprint density at radius 3 is 1.65 bits per heavy atom. The van der Waals surface area contributed by atoms with Crippen LogP contribution in [0.4, 0.5) is 0 Å². The molecule has 0 rings (SSSR count). The Labute approximate surface area is 108 Å². The Morgan fingerprint density at radius 1 is 0.706 bits per heavy atom. The van der Waals surface area contributed by atoms with Gasteiger partial charge in [-0.3, -0.25) is 0 Å². The van der Waals surface area contributed by atoms with E-state index in [1.54, 1.807) is 0 Å². The molecule has 0 aromatic carbocycles. The monoisotopic (exact) mass is 237 g/mol. The molecule has 0 saturated heterocycles. The van der Waals surface area contributed by atoms with E-state index in [0.717, 1.165) is 6.54 Å². The van der Waals surface area contributed by atoms with Gasteiger partial charge in [0.1, 0.15) is 0 Å². The zero-order valence-electron chi connectivity index (χ0n) is 11.5. The van der Waals surface area contributed by atoms with Crippen molar-refractivity contribution in [3.63, 3.8) is 0 Å². The molecule has 0 saturated carbocycles. The molecule has 0 amide bonds. The molecule has 1 heteroatoms. The molecule has 0 aromatic rings. The molecule has 0 heterocycles. The van der Waals surface area contributed by atoms with E-state index >= 15 is 0 Å². The van der Waals surface area contributed by atoms with Gasteiger partial charge in [-0.2, -0.15) is 0 Å². The van der Waals surface area contributed by atoms with Crippen LogP contribution < -0.4 is 5.73 Å². The first-order valence-electron chi connectivity index (χ1n) is 7.39. The zero-order chi connectivity index (χ0) is 12.6. The van der Waals surface area contributed by atoms with Gasteiger partial charge in [-0.1, -0.05) is 76.2 Å². The van der Waals surface area contributed by atoms with Crippen molar-refractivity contribution < 1.29 is 0 Å². The third kappa shape index (κ3) is 15.4. The maximum atomic E-state index is 5.46. The molecule has 0 aromatic heterocycles. The Balaban J connectivity index is 2.93. The second-order valence-electron chi connectivity index (χ2n) is 4.78. The lowest BCUT2D eigenvalue weighted by atomic mass is 10.1. The van der Waals surface area contributed by atoms with Crippen molar-refractivity contribution in [2.75, 3.05) is 6.54 Å². The lowest BCUT2D eigenvalue weighted by Gasteiger charge is -2.01. The van der Waals surface area contributed by atoms with E-state index in [1.165, 1.54) is 70.6 Å². The molecule has 0 aliphatic rings. The van der Waals surface area contributed by atoms with Gasteiger partial charge in [-0.05, 0) is 25.8 Å². The van der Waals surface area contributed by atoms with Gasteiger partial charge in [0.2, 0.25) is 0 Å². The van der Waals surface area contributed by atoms with Gasteiger partial charge in [0.25, 0.3) is 0 Å². The van der Waals surface area contributed by atoms with Crippen LogP contribution in [-0.2, 0) is 0 Å². The number of hydrogen-bond donors (Lipinski definition) is 1. The number of unbranched alkanes of at least 4 members (excludes halogenated alkanes) is 10. The summed E-state index contributed by atoms with van der Waals surface area (Å²) >= 11 is 0. The van der Waals surface area contributed by atoms with Crippen LogP contribution in [0.3, 0.4) is 0 Å². The second-order valence-corrected chi connectivity index (χ2v) is 4.78. The van der Waals surface area contributed by atoms with Gasteiger partial charge in [0, 0.05) is 0 Å². The summed E-state index contributed by atoms with van der Waals surface area (Å²) < 4.78 is 0. The Bertz CT molecular complexity index is 172. The summed E-state index contributed by atoms with van der Waals surface area (Å²) in [5.41, 5.74) is 5.46. The van der Waals surface area contributed by atoms with E-state index in [2.05, 4.69) is 12.7 Å². The smallest absolute Gasteiger partial charge is 0.00773 e. The summed E-state index contributed by atoms with van der Waals surface area (Å²) in [5.74, 6) is 0. The minimum absolute atomic E-state index is 0.861. The number of allylic oxidation sites excluding steroid dienone is 3. The highest BCUT2D eigenvalue weighted by atomic mass is 14.5.